The van der Waals surface area contributed by atoms with Crippen LogP contribution >= 0.6 is 7.14 Å². The molecule has 0 aliphatic carbocycles. The number of halogens is 4. The highest BCUT2D eigenvalue weighted by atomic mass is 32.3. The second-order valence-electron chi connectivity index (χ2n) is 5.51. The van der Waals surface area contributed by atoms with Crippen LogP contribution in [0, 0.1) is 0 Å². The topological polar surface area (TPSA) is 51.2 Å². The van der Waals surface area contributed by atoms with E-state index >= 15 is 0 Å². The van der Waals surface area contributed by atoms with Gasteiger partial charge in [-0.05, 0) is 0 Å². The first-order valence-corrected chi connectivity index (χ1v) is 10.6. The SMILES string of the molecule is O=P(CC(CC(F)(F)F)S(=O)(=O)F)(c1ccccc1)c1ccccc1. The largest absolute Gasteiger partial charge is 0.390 e. The Kier molecular flexibility index (Phi) is 5.74. The smallest absolute Gasteiger partial charge is 0.314 e. The fourth-order valence-corrected chi connectivity index (χ4v) is 6.96. The molecule has 9 heteroatoms. The predicted molar refractivity (Wildman–Crippen MR) is 89.1 cm³/mol. The monoisotopic (exact) mass is 394 g/mol. The third kappa shape index (κ3) is 5.16. The lowest BCUT2D eigenvalue weighted by Gasteiger charge is -2.23. The van der Waals surface area contributed by atoms with Crippen LogP contribution in [0.25, 0.3) is 0 Å². The first-order valence-electron chi connectivity index (χ1n) is 7.23. The highest BCUT2D eigenvalue weighted by Gasteiger charge is 2.43. The summed E-state index contributed by atoms with van der Waals surface area (Å²) in [4.78, 5) is 0. The molecule has 0 radical (unpaired) electrons. The Morgan fingerprint density at radius 2 is 1.28 bits per heavy atom. The lowest BCUT2D eigenvalue weighted by molar-refractivity contribution is -0.133. The van der Waals surface area contributed by atoms with E-state index in [1.54, 1.807) is 12.1 Å². The van der Waals surface area contributed by atoms with Gasteiger partial charge in [-0.15, -0.1) is 3.89 Å². The molecule has 2 aromatic rings. The molecule has 1 unspecified atom stereocenters. The first kappa shape index (κ1) is 19.7. The summed E-state index contributed by atoms with van der Waals surface area (Å²) in [6, 6.07) is 15.1. The van der Waals surface area contributed by atoms with Crippen LogP contribution in [0.15, 0.2) is 60.7 Å². The van der Waals surface area contributed by atoms with Crippen LogP contribution in [0.1, 0.15) is 6.42 Å². The van der Waals surface area contributed by atoms with Gasteiger partial charge >= 0.3 is 16.4 Å². The van der Waals surface area contributed by atoms with E-state index in [0.29, 0.717) is 0 Å². The maximum atomic E-state index is 13.6. The summed E-state index contributed by atoms with van der Waals surface area (Å²) in [6.07, 6.45) is -7.75. The van der Waals surface area contributed by atoms with Crippen LogP contribution in [0.3, 0.4) is 0 Å². The molecule has 0 aromatic heterocycles. The lowest BCUT2D eigenvalue weighted by Crippen LogP contribution is -2.32. The van der Waals surface area contributed by atoms with Gasteiger partial charge in [-0.2, -0.15) is 21.6 Å². The van der Waals surface area contributed by atoms with E-state index in [-0.39, 0.29) is 10.6 Å². The van der Waals surface area contributed by atoms with Crippen molar-refractivity contribution in [1.82, 2.24) is 0 Å². The van der Waals surface area contributed by atoms with Crippen molar-refractivity contribution in [3.63, 3.8) is 0 Å². The van der Waals surface area contributed by atoms with Crippen molar-refractivity contribution in [3.05, 3.63) is 60.7 Å². The third-order valence-corrected chi connectivity index (χ3v) is 8.26. The summed E-state index contributed by atoms with van der Waals surface area (Å²) in [6.45, 7) is 0. The zero-order chi connectivity index (χ0) is 18.7. The Balaban J connectivity index is 2.55. The van der Waals surface area contributed by atoms with Crippen molar-refractivity contribution >= 4 is 28.0 Å². The number of hydrogen-bond acceptors (Lipinski definition) is 3. The van der Waals surface area contributed by atoms with Crippen molar-refractivity contribution in [2.24, 2.45) is 0 Å². The van der Waals surface area contributed by atoms with E-state index in [9.17, 15) is 30.0 Å². The van der Waals surface area contributed by atoms with Crippen LogP contribution in [-0.4, -0.2) is 26.0 Å². The molecular formula is C16H15F4O3PS. The van der Waals surface area contributed by atoms with Crippen molar-refractivity contribution < 1.29 is 30.0 Å². The average Bonchev–Trinajstić information content (AvgIpc) is 2.54. The molecule has 136 valence electrons. The standard InChI is InChI=1S/C16H15F4O3PS/c17-16(18,19)11-15(25(20,22)23)12-24(21,13-7-3-1-4-8-13)14-9-5-2-6-10-14/h1-10,15H,11-12H2. The molecule has 0 saturated heterocycles. The van der Waals surface area contributed by atoms with Crippen molar-refractivity contribution in [2.75, 3.05) is 6.16 Å². The van der Waals surface area contributed by atoms with Crippen LogP contribution in [0.4, 0.5) is 17.1 Å². The first-order chi connectivity index (χ1) is 11.5. The summed E-state index contributed by atoms with van der Waals surface area (Å²) in [5.74, 6) is 0. The van der Waals surface area contributed by atoms with Gasteiger partial charge in [0.25, 0.3) is 0 Å². The van der Waals surface area contributed by atoms with Crippen LogP contribution in [-0.2, 0) is 14.8 Å². The van der Waals surface area contributed by atoms with E-state index in [2.05, 4.69) is 0 Å². The number of hydrogen-bond donors (Lipinski definition) is 0. The van der Waals surface area contributed by atoms with Gasteiger partial charge in [-0.1, -0.05) is 60.7 Å². The fraction of sp³-hybridized carbons (Fsp3) is 0.250. The van der Waals surface area contributed by atoms with E-state index in [4.69, 9.17) is 0 Å². The minimum Gasteiger partial charge on any atom is -0.314 e. The Morgan fingerprint density at radius 3 is 1.60 bits per heavy atom. The summed E-state index contributed by atoms with van der Waals surface area (Å²) < 4.78 is 87.7. The minimum atomic E-state index is -5.54. The Bertz CT molecular complexity index is 808. The molecule has 25 heavy (non-hydrogen) atoms. The molecule has 2 aromatic carbocycles. The molecule has 0 heterocycles. The fourth-order valence-electron chi connectivity index (χ4n) is 2.50. The van der Waals surface area contributed by atoms with Crippen LogP contribution in [0.2, 0.25) is 0 Å². The molecule has 0 aliphatic heterocycles. The molecule has 1 atom stereocenters. The Morgan fingerprint density at radius 1 is 0.880 bits per heavy atom. The quantitative estimate of drug-likeness (QED) is 0.427. The normalized spacial score (nSPS) is 14.2. The summed E-state index contributed by atoms with van der Waals surface area (Å²) in [5.41, 5.74) is 0. The van der Waals surface area contributed by atoms with Gasteiger partial charge in [0.2, 0.25) is 0 Å². The maximum Gasteiger partial charge on any atom is 0.390 e. The zero-order valence-electron chi connectivity index (χ0n) is 12.9. The summed E-state index contributed by atoms with van der Waals surface area (Å²) in [5, 5.41) is -2.08. The third-order valence-electron chi connectivity index (χ3n) is 3.66. The van der Waals surface area contributed by atoms with Crippen molar-refractivity contribution in [3.8, 4) is 0 Å². The van der Waals surface area contributed by atoms with Gasteiger partial charge < -0.3 is 4.57 Å². The van der Waals surface area contributed by atoms with E-state index in [1.165, 1.54) is 48.5 Å². The van der Waals surface area contributed by atoms with Gasteiger partial charge in [0.1, 0.15) is 12.4 Å². The molecular weight excluding hydrogens is 379 g/mol. The van der Waals surface area contributed by atoms with E-state index < -0.39 is 41.4 Å². The lowest BCUT2D eigenvalue weighted by atomic mass is 10.3. The number of rotatable bonds is 6. The summed E-state index contributed by atoms with van der Waals surface area (Å²) in [7, 11) is -9.32. The molecule has 0 fully saturated rings. The Labute approximate surface area is 143 Å². The Hall–Kier alpha value is -1.66. The van der Waals surface area contributed by atoms with Crippen LogP contribution in [0.5, 0.6) is 0 Å². The van der Waals surface area contributed by atoms with Crippen molar-refractivity contribution in [2.45, 2.75) is 17.8 Å². The number of alkyl halides is 3. The van der Waals surface area contributed by atoms with E-state index in [1.807, 2.05) is 0 Å². The molecule has 2 rings (SSSR count). The van der Waals surface area contributed by atoms with Gasteiger partial charge in [-0.25, -0.2) is 0 Å². The molecule has 0 N–H and O–H groups in total. The van der Waals surface area contributed by atoms with Gasteiger partial charge in [-0.3, -0.25) is 0 Å². The minimum absolute atomic E-state index is 0.178. The molecule has 0 amide bonds. The maximum absolute atomic E-state index is 13.6. The van der Waals surface area contributed by atoms with E-state index in [0.717, 1.165) is 0 Å². The average molecular weight is 394 g/mol. The van der Waals surface area contributed by atoms with Crippen LogP contribution < -0.4 is 10.6 Å². The number of benzene rings is 2. The molecule has 0 saturated carbocycles. The highest BCUT2D eigenvalue weighted by Crippen LogP contribution is 2.46. The molecule has 3 nitrogen and oxygen atoms in total. The summed E-state index contributed by atoms with van der Waals surface area (Å²) >= 11 is 0. The second-order valence-corrected chi connectivity index (χ2v) is 10.0. The van der Waals surface area contributed by atoms with Gasteiger partial charge in [0.05, 0.1) is 6.42 Å². The van der Waals surface area contributed by atoms with Gasteiger partial charge in [0, 0.05) is 16.8 Å². The molecule has 0 bridgehead atoms. The second kappa shape index (κ2) is 7.30. The molecule has 0 spiro atoms. The zero-order valence-corrected chi connectivity index (χ0v) is 14.6. The van der Waals surface area contributed by atoms with Crippen molar-refractivity contribution in [1.29, 1.82) is 0 Å². The predicted octanol–water partition coefficient (Wildman–Crippen LogP) is 3.62. The van der Waals surface area contributed by atoms with Gasteiger partial charge in [0.15, 0.2) is 0 Å². The highest BCUT2D eigenvalue weighted by molar-refractivity contribution is 7.88. The molecule has 0 aliphatic rings.